The number of hydrogen-bond donors (Lipinski definition) is 2. The Balaban J connectivity index is 1.06. The number of amides is 1. The SMILES string of the molecule is COc1ccc(COc2ccc(C(=O)N3C[C@H](O)CO3)c(OC[C@@H](O)CN3CCC4(CC3)Cc3cc(Cl)ccc3O4)c2)cc1. The Labute approximate surface area is 261 Å². The fourth-order valence-electron chi connectivity index (χ4n) is 5.89. The van der Waals surface area contributed by atoms with Crippen molar-refractivity contribution in [2.24, 2.45) is 0 Å². The summed E-state index contributed by atoms with van der Waals surface area (Å²) in [5.74, 6) is 2.00. The number of aliphatic hydroxyl groups is 2. The number of carbonyl (C=O) groups excluding carboxylic acids is 1. The molecule has 3 aromatic carbocycles. The van der Waals surface area contributed by atoms with Crippen LogP contribution in [0.3, 0.4) is 0 Å². The first-order valence-electron chi connectivity index (χ1n) is 14.8. The van der Waals surface area contributed by atoms with E-state index >= 15 is 0 Å². The van der Waals surface area contributed by atoms with Crippen LogP contribution in [0.5, 0.6) is 23.0 Å². The van der Waals surface area contributed by atoms with Crippen LogP contribution in [0.2, 0.25) is 5.02 Å². The molecule has 0 saturated carbocycles. The Hall–Kier alpha value is -3.54. The van der Waals surface area contributed by atoms with Gasteiger partial charge in [0.25, 0.3) is 5.91 Å². The van der Waals surface area contributed by atoms with Gasteiger partial charge in [-0.05, 0) is 53.6 Å². The fraction of sp³-hybridized carbons (Fsp3) is 0.424. The van der Waals surface area contributed by atoms with E-state index in [9.17, 15) is 15.0 Å². The summed E-state index contributed by atoms with van der Waals surface area (Å²) in [6.07, 6.45) is 0.999. The summed E-state index contributed by atoms with van der Waals surface area (Å²) in [6, 6.07) is 18.3. The topological polar surface area (TPSA) is 110 Å². The van der Waals surface area contributed by atoms with E-state index in [-0.39, 0.29) is 36.7 Å². The minimum Gasteiger partial charge on any atom is -0.497 e. The predicted octanol–water partition coefficient (Wildman–Crippen LogP) is 3.89. The van der Waals surface area contributed by atoms with Crippen molar-refractivity contribution in [2.45, 2.75) is 43.7 Å². The van der Waals surface area contributed by atoms with Crippen molar-refractivity contribution >= 4 is 17.5 Å². The largest absolute Gasteiger partial charge is 0.497 e. The lowest BCUT2D eigenvalue weighted by atomic mass is 9.87. The minimum absolute atomic E-state index is 0.0201. The number of likely N-dealkylation sites (tertiary alicyclic amines) is 1. The number of β-amino-alcohol motifs (C(OH)–C–C–N with tert-alkyl or cyclic N) is 2. The van der Waals surface area contributed by atoms with E-state index in [4.69, 9.17) is 35.4 Å². The number of nitrogens with zero attached hydrogens (tertiary/aromatic N) is 2. The van der Waals surface area contributed by atoms with Gasteiger partial charge in [0.15, 0.2) is 0 Å². The van der Waals surface area contributed by atoms with E-state index in [1.807, 2.05) is 42.5 Å². The molecule has 11 heteroatoms. The smallest absolute Gasteiger partial charge is 0.281 e. The summed E-state index contributed by atoms with van der Waals surface area (Å²) in [7, 11) is 1.61. The maximum absolute atomic E-state index is 13.2. The van der Waals surface area contributed by atoms with Gasteiger partial charge in [0, 0.05) is 50.0 Å². The van der Waals surface area contributed by atoms with Crippen molar-refractivity contribution in [3.8, 4) is 23.0 Å². The van der Waals surface area contributed by atoms with Crippen LogP contribution in [0, 0.1) is 0 Å². The first kappa shape index (κ1) is 30.5. The Morgan fingerprint density at radius 3 is 2.57 bits per heavy atom. The van der Waals surface area contributed by atoms with Crippen molar-refractivity contribution in [3.63, 3.8) is 0 Å². The van der Waals surface area contributed by atoms with Crippen LogP contribution < -0.4 is 18.9 Å². The molecule has 2 N–H and O–H groups in total. The molecule has 2 saturated heterocycles. The van der Waals surface area contributed by atoms with Crippen LogP contribution >= 0.6 is 11.6 Å². The monoisotopic (exact) mass is 624 g/mol. The number of methoxy groups -OCH3 is 1. The van der Waals surface area contributed by atoms with Crippen molar-refractivity contribution in [3.05, 3.63) is 82.4 Å². The number of rotatable bonds is 10. The number of piperidine rings is 1. The third-order valence-electron chi connectivity index (χ3n) is 8.30. The summed E-state index contributed by atoms with van der Waals surface area (Å²) in [5, 5.41) is 22.6. The van der Waals surface area contributed by atoms with Crippen LogP contribution in [0.1, 0.15) is 34.3 Å². The second-order valence-corrected chi connectivity index (χ2v) is 12.0. The lowest BCUT2D eigenvalue weighted by Crippen LogP contribution is -2.49. The van der Waals surface area contributed by atoms with Gasteiger partial charge in [-0.1, -0.05) is 23.7 Å². The van der Waals surface area contributed by atoms with Gasteiger partial charge in [0.2, 0.25) is 0 Å². The number of hydroxylamine groups is 2. The highest BCUT2D eigenvalue weighted by Crippen LogP contribution is 2.42. The Morgan fingerprint density at radius 2 is 1.84 bits per heavy atom. The second-order valence-electron chi connectivity index (χ2n) is 11.6. The third-order valence-corrected chi connectivity index (χ3v) is 8.54. The molecule has 10 nitrogen and oxygen atoms in total. The zero-order chi connectivity index (χ0) is 30.7. The number of benzene rings is 3. The lowest BCUT2D eigenvalue weighted by Gasteiger charge is -2.39. The normalized spacial score (nSPS) is 19.8. The van der Waals surface area contributed by atoms with Gasteiger partial charge in [-0.25, -0.2) is 5.06 Å². The van der Waals surface area contributed by atoms with Gasteiger partial charge in [0.05, 0.1) is 19.2 Å². The molecular formula is C33H37ClN2O8. The van der Waals surface area contributed by atoms with Crippen LogP contribution in [0.4, 0.5) is 0 Å². The Bertz CT molecular complexity index is 1460. The zero-order valence-corrected chi connectivity index (χ0v) is 25.4. The highest BCUT2D eigenvalue weighted by Gasteiger charge is 2.42. The molecule has 3 aromatic rings. The summed E-state index contributed by atoms with van der Waals surface area (Å²) in [6.45, 7) is 2.39. The summed E-state index contributed by atoms with van der Waals surface area (Å²) in [5.41, 5.74) is 2.12. The van der Waals surface area contributed by atoms with E-state index in [0.717, 1.165) is 65.1 Å². The van der Waals surface area contributed by atoms with Crippen LogP contribution in [0.15, 0.2) is 60.7 Å². The molecule has 0 radical (unpaired) electrons. The van der Waals surface area contributed by atoms with E-state index < -0.39 is 18.1 Å². The summed E-state index contributed by atoms with van der Waals surface area (Å²) >= 11 is 6.18. The first-order chi connectivity index (χ1) is 21.3. The van der Waals surface area contributed by atoms with Crippen molar-refractivity contribution < 1.29 is 38.8 Å². The predicted molar refractivity (Wildman–Crippen MR) is 162 cm³/mol. The molecule has 1 amide bonds. The lowest BCUT2D eigenvalue weighted by molar-refractivity contribution is -0.0781. The number of fused-ring (bicyclic) bond motifs is 1. The molecule has 2 atom stereocenters. The maximum atomic E-state index is 13.2. The number of hydrogen-bond acceptors (Lipinski definition) is 9. The standard InChI is InChI=1S/C33H37ClN2O8/c1-40-27-5-2-22(3-6-27)19-41-28-7-8-29(32(39)36-18-26(38)21-43-36)31(15-28)42-20-25(37)17-35-12-10-33(11-13-35)16-23-14-24(34)4-9-30(23)44-33/h2-9,14-15,25-26,37-38H,10-13,16-21H2,1H3/t25-,26-/m0/s1. The van der Waals surface area contributed by atoms with E-state index in [2.05, 4.69) is 4.90 Å². The van der Waals surface area contributed by atoms with E-state index in [1.54, 1.807) is 25.3 Å². The molecule has 1 spiro atoms. The molecule has 6 rings (SSSR count). The molecule has 0 aliphatic carbocycles. The molecule has 0 bridgehead atoms. The molecule has 3 heterocycles. The number of aliphatic hydroxyl groups excluding tert-OH is 2. The van der Waals surface area contributed by atoms with Crippen molar-refractivity contribution in [2.75, 3.05) is 46.5 Å². The molecule has 0 unspecified atom stereocenters. The van der Waals surface area contributed by atoms with Crippen molar-refractivity contribution in [1.29, 1.82) is 0 Å². The van der Waals surface area contributed by atoms with Crippen LogP contribution in [-0.4, -0.2) is 90.4 Å². The third kappa shape index (κ3) is 7.06. The van der Waals surface area contributed by atoms with E-state index in [0.29, 0.717) is 18.9 Å². The van der Waals surface area contributed by atoms with Crippen LogP contribution in [0.25, 0.3) is 0 Å². The molecule has 2 fully saturated rings. The van der Waals surface area contributed by atoms with Crippen molar-refractivity contribution in [1.82, 2.24) is 9.96 Å². The molecule has 3 aliphatic rings. The average Bonchev–Trinajstić information content (AvgIpc) is 3.63. The quantitative estimate of drug-likeness (QED) is 0.347. The molecule has 3 aliphatic heterocycles. The second kappa shape index (κ2) is 13.2. The van der Waals surface area contributed by atoms with E-state index in [1.165, 1.54) is 0 Å². The molecule has 234 valence electrons. The van der Waals surface area contributed by atoms with Crippen LogP contribution in [-0.2, 0) is 17.9 Å². The van der Waals surface area contributed by atoms with Gasteiger partial charge in [0.1, 0.15) is 60.6 Å². The minimum atomic E-state index is -0.791. The fourth-order valence-corrected chi connectivity index (χ4v) is 6.08. The van der Waals surface area contributed by atoms with Gasteiger partial charge in [-0.15, -0.1) is 0 Å². The van der Waals surface area contributed by atoms with Gasteiger partial charge in [-0.2, -0.15) is 0 Å². The number of halogens is 1. The van der Waals surface area contributed by atoms with Gasteiger partial charge in [-0.3, -0.25) is 9.63 Å². The van der Waals surface area contributed by atoms with Gasteiger partial charge < -0.3 is 34.1 Å². The van der Waals surface area contributed by atoms with Gasteiger partial charge >= 0.3 is 0 Å². The highest BCUT2D eigenvalue weighted by molar-refractivity contribution is 6.30. The molecular weight excluding hydrogens is 588 g/mol. The Kier molecular flexibility index (Phi) is 9.16. The molecule has 0 aromatic heterocycles. The number of carbonyl (C=O) groups is 1. The average molecular weight is 625 g/mol. The number of ether oxygens (including phenoxy) is 4. The maximum Gasteiger partial charge on any atom is 0.281 e. The highest BCUT2D eigenvalue weighted by atomic mass is 35.5. The Morgan fingerprint density at radius 1 is 1.07 bits per heavy atom. The summed E-state index contributed by atoms with van der Waals surface area (Å²) < 4.78 is 23.6. The summed E-state index contributed by atoms with van der Waals surface area (Å²) in [4.78, 5) is 20.8. The first-order valence-corrected chi connectivity index (χ1v) is 15.2. The zero-order valence-electron chi connectivity index (χ0n) is 24.6. The molecule has 44 heavy (non-hydrogen) atoms.